The number of benzene rings is 2. The van der Waals surface area contributed by atoms with E-state index < -0.39 is 0 Å². The summed E-state index contributed by atoms with van der Waals surface area (Å²) in [4.78, 5) is 4.18. The third kappa shape index (κ3) is 7.09. The van der Waals surface area contributed by atoms with Crippen molar-refractivity contribution in [3.8, 4) is 0 Å². The van der Waals surface area contributed by atoms with Gasteiger partial charge in [-0.1, -0.05) is 48.0 Å². The Hall–Kier alpha value is -1.38. The van der Waals surface area contributed by atoms with Crippen LogP contribution in [-0.4, -0.2) is 37.8 Å². The van der Waals surface area contributed by atoms with Crippen LogP contribution >= 0.6 is 35.6 Å². The van der Waals surface area contributed by atoms with E-state index in [1.54, 1.807) is 13.1 Å². The fraction of sp³-hybridized carbons (Fsp3) is 0.316. The van der Waals surface area contributed by atoms with Crippen molar-refractivity contribution in [3.63, 3.8) is 0 Å². The fourth-order valence-electron chi connectivity index (χ4n) is 2.49. The van der Waals surface area contributed by atoms with Crippen LogP contribution in [0.4, 0.5) is 4.39 Å². The molecule has 0 amide bonds. The van der Waals surface area contributed by atoms with Crippen molar-refractivity contribution >= 4 is 41.5 Å². The van der Waals surface area contributed by atoms with E-state index in [2.05, 4.69) is 15.6 Å². The van der Waals surface area contributed by atoms with E-state index in [0.29, 0.717) is 30.5 Å². The van der Waals surface area contributed by atoms with Gasteiger partial charge in [-0.15, -0.1) is 24.0 Å². The molecule has 0 saturated heterocycles. The van der Waals surface area contributed by atoms with Crippen LogP contribution in [0.15, 0.2) is 53.5 Å². The molecule has 26 heavy (non-hydrogen) atoms. The van der Waals surface area contributed by atoms with E-state index >= 15 is 0 Å². The third-order valence-corrected chi connectivity index (χ3v) is 4.28. The largest absolute Gasteiger partial charge is 0.396 e. The lowest BCUT2D eigenvalue weighted by molar-refractivity contribution is 0.265. The van der Waals surface area contributed by atoms with Gasteiger partial charge in [0.25, 0.3) is 0 Å². The minimum atomic E-state index is -0.338. The maximum atomic E-state index is 13.1. The predicted molar refractivity (Wildman–Crippen MR) is 116 cm³/mol. The highest BCUT2D eigenvalue weighted by molar-refractivity contribution is 14.0. The second-order valence-corrected chi connectivity index (χ2v) is 6.06. The Morgan fingerprint density at radius 3 is 2.54 bits per heavy atom. The standard InChI is InChI=1S/C19H23ClFN3O.HI/c1-22-19(23-10-9-15-7-8-17(21)11-18(15)20)24-12-16(13-25)14-5-3-2-4-6-14;/h2-8,11,16,25H,9-10,12-13H2,1H3,(H2,22,23,24);1H. The second kappa shape index (κ2) is 12.1. The molecule has 1 atom stereocenters. The molecule has 4 nitrogen and oxygen atoms in total. The van der Waals surface area contributed by atoms with Gasteiger partial charge in [0, 0.05) is 31.1 Å². The second-order valence-electron chi connectivity index (χ2n) is 5.66. The first-order chi connectivity index (χ1) is 12.1. The Bertz CT molecular complexity index is 700. The van der Waals surface area contributed by atoms with Crippen molar-refractivity contribution < 1.29 is 9.50 Å². The lowest BCUT2D eigenvalue weighted by atomic mass is 10.0. The van der Waals surface area contributed by atoms with Crippen molar-refractivity contribution in [3.05, 3.63) is 70.5 Å². The number of halogens is 3. The van der Waals surface area contributed by atoms with Crippen molar-refractivity contribution in [1.29, 1.82) is 0 Å². The topological polar surface area (TPSA) is 56.7 Å². The maximum absolute atomic E-state index is 13.1. The quantitative estimate of drug-likeness (QED) is 0.315. The van der Waals surface area contributed by atoms with E-state index in [0.717, 1.165) is 11.1 Å². The van der Waals surface area contributed by atoms with Gasteiger partial charge in [0.05, 0.1) is 6.61 Å². The van der Waals surface area contributed by atoms with Gasteiger partial charge in [-0.05, 0) is 29.7 Å². The van der Waals surface area contributed by atoms with Gasteiger partial charge in [0.15, 0.2) is 5.96 Å². The van der Waals surface area contributed by atoms with Gasteiger partial charge in [-0.3, -0.25) is 4.99 Å². The molecule has 0 bridgehead atoms. The number of aliphatic hydroxyl groups is 1. The van der Waals surface area contributed by atoms with Gasteiger partial charge in [0.2, 0.25) is 0 Å². The molecule has 0 aliphatic carbocycles. The summed E-state index contributed by atoms with van der Waals surface area (Å²) >= 11 is 6.03. The molecule has 0 fully saturated rings. The Labute approximate surface area is 175 Å². The van der Waals surface area contributed by atoms with E-state index in [1.807, 2.05) is 30.3 Å². The van der Waals surface area contributed by atoms with Gasteiger partial charge in [0.1, 0.15) is 5.82 Å². The highest BCUT2D eigenvalue weighted by atomic mass is 127. The van der Waals surface area contributed by atoms with Crippen LogP contribution in [0.1, 0.15) is 17.0 Å². The van der Waals surface area contributed by atoms with Crippen molar-refractivity contribution in [2.24, 2.45) is 4.99 Å². The Morgan fingerprint density at radius 1 is 1.19 bits per heavy atom. The number of nitrogens with zero attached hydrogens (tertiary/aromatic N) is 1. The molecule has 0 heterocycles. The molecule has 2 rings (SSSR count). The molecule has 142 valence electrons. The lowest BCUT2D eigenvalue weighted by Crippen LogP contribution is -2.40. The summed E-state index contributed by atoms with van der Waals surface area (Å²) in [6.07, 6.45) is 0.655. The molecule has 7 heteroatoms. The highest BCUT2D eigenvalue weighted by Gasteiger charge is 2.11. The van der Waals surface area contributed by atoms with Crippen molar-refractivity contribution in [1.82, 2.24) is 10.6 Å². The van der Waals surface area contributed by atoms with Crippen LogP contribution in [-0.2, 0) is 6.42 Å². The van der Waals surface area contributed by atoms with Crippen LogP contribution in [0.2, 0.25) is 5.02 Å². The minimum Gasteiger partial charge on any atom is -0.396 e. The first-order valence-electron chi connectivity index (χ1n) is 8.18. The average molecular weight is 492 g/mol. The SMILES string of the molecule is CN=C(NCCc1ccc(F)cc1Cl)NCC(CO)c1ccccc1.I. The molecular formula is C19H24ClFIN3O. The Morgan fingerprint density at radius 2 is 1.92 bits per heavy atom. The molecule has 2 aromatic carbocycles. The van der Waals surface area contributed by atoms with Crippen LogP contribution in [0.25, 0.3) is 0 Å². The molecule has 2 aromatic rings. The van der Waals surface area contributed by atoms with E-state index in [-0.39, 0.29) is 42.3 Å². The molecule has 1 unspecified atom stereocenters. The first-order valence-corrected chi connectivity index (χ1v) is 8.56. The first kappa shape index (κ1) is 22.7. The van der Waals surface area contributed by atoms with Crippen LogP contribution in [0.5, 0.6) is 0 Å². The van der Waals surface area contributed by atoms with Crippen LogP contribution < -0.4 is 10.6 Å². The zero-order valence-electron chi connectivity index (χ0n) is 14.6. The number of aliphatic imine (C=N–C) groups is 1. The number of aliphatic hydroxyl groups excluding tert-OH is 1. The number of hydrogen-bond acceptors (Lipinski definition) is 2. The summed E-state index contributed by atoms with van der Waals surface area (Å²) in [5.74, 6) is 0.300. The molecule has 0 aliphatic heterocycles. The summed E-state index contributed by atoms with van der Waals surface area (Å²) in [7, 11) is 1.69. The summed E-state index contributed by atoms with van der Waals surface area (Å²) in [6.45, 7) is 1.23. The molecule has 0 radical (unpaired) electrons. The highest BCUT2D eigenvalue weighted by Crippen LogP contribution is 2.17. The summed E-state index contributed by atoms with van der Waals surface area (Å²) in [5, 5.41) is 16.4. The summed E-state index contributed by atoms with van der Waals surface area (Å²) in [6, 6.07) is 14.3. The molecule has 0 aliphatic rings. The molecule has 0 aromatic heterocycles. The summed E-state index contributed by atoms with van der Waals surface area (Å²) in [5.41, 5.74) is 1.95. The van der Waals surface area contributed by atoms with Gasteiger partial charge in [-0.2, -0.15) is 0 Å². The monoisotopic (exact) mass is 491 g/mol. The normalized spacial score (nSPS) is 12.2. The molecular weight excluding hydrogens is 468 g/mol. The smallest absolute Gasteiger partial charge is 0.191 e. The van der Waals surface area contributed by atoms with Crippen LogP contribution in [0, 0.1) is 5.82 Å². The minimum absolute atomic E-state index is 0. The lowest BCUT2D eigenvalue weighted by Gasteiger charge is -2.18. The van der Waals surface area contributed by atoms with Gasteiger partial charge in [-0.25, -0.2) is 4.39 Å². The number of guanidine groups is 1. The summed E-state index contributed by atoms with van der Waals surface area (Å²) < 4.78 is 13.1. The van der Waals surface area contributed by atoms with E-state index in [1.165, 1.54) is 12.1 Å². The van der Waals surface area contributed by atoms with E-state index in [9.17, 15) is 9.50 Å². The number of nitrogens with one attached hydrogen (secondary N) is 2. The maximum Gasteiger partial charge on any atom is 0.191 e. The van der Waals surface area contributed by atoms with Crippen molar-refractivity contribution in [2.45, 2.75) is 12.3 Å². The van der Waals surface area contributed by atoms with Crippen molar-refractivity contribution in [2.75, 3.05) is 26.7 Å². The third-order valence-electron chi connectivity index (χ3n) is 3.93. The predicted octanol–water partition coefficient (Wildman–Crippen LogP) is 3.58. The van der Waals surface area contributed by atoms with Crippen LogP contribution in [0.3, 0.4) is 0 Å². The zero-order chi connectivity index (χ0) is 18.1. The van der Waals surface area contributed by atoms with E-state index in [4.69, 9.17) is 11.6 Å². The van der Waals surface area contributed by atoms with Gasteiger partial charge < -0.3 is 15.7 Å². The fourth-order valence-corrected chi connectivity index (χ4v) is 2.76. The Balaban J connectivity index is 0.00000338. The van der Waals surface area contributed by atoms with Gasteiger partial charge >= 0.3 is 0 Å². The zero-order valence-corrected chi connectivity index (χ0v) is 17.7. The number of hydrogen-bond donors (Lipinski definition) is 3. The number of rotatable bonds is 7. The molecule has 0 spiro atoms. The Kier molecular flexibility index (Phi) is 10.5. The molecule has 0 saturated carbocycles. The average Bonchev–Trinajstić information content (AvgIpc) is 2.63. The molecule has 3 N–H and O–H groups in total.